The van der Waals surface area contributed by atoms with Gasteiger partial charge in [-0.15, -0.1) is 0 Å². The molecule has 0 unspecified atom stereocenters. The van der Waals surface area contributed by atoms with E-state index in [4.69, 9.17) is 4.74 Å². The minimum Gasteiger partial charge on any atom is -0.497 e. The normalized spacial score (nSPS) is 10.2. The summed E-state index contributed by atoms with van der Waals surface area (Å²) in [6, 6.07) is 6.72. The number of aromatic hydroxyl groups is 1. The third-order valence-corrected chi connectivity index (χ3v) is 2.06. The molecule has 0 aliphatic rings. The molecule has 1 aromatic carbocycles. The van der Waals surface area contributed by atoms with E-state index < -0.39 is 11.5 Å². The highest BCUT2D eigenvalue weighted by molar-refractivity contribution is 5.66. The van der Waals surface area contributed by atoms with E-state index in [0.717, 1.165) is 0 Å². The number of H-pyrrole nitrogens is 1. The van der Waals surface area contributed by atoms with Gasteiger partial charge < -0.3 is 14.4 Å². The van der Waals surface area contributed by atoms with Crippen LogP contribution >= 0.6 is 0 Å². The third-order valence-electron chi connectivity index (χ3n) is 2.06. The Labute approximate surface area is 84.9 Å². The van der Waals surface area contributed by atoms with E-state index in [1.807, 2.05) is 0 Å². The van der Waals surface area contributed by atoms with Crippen molar-refractivity contribution in [2.45, 2.75) is 0 Å². The zero-order valence-electron chi connectivity index (χ0n) is 7.98. The van der Waals surface area contributed by atoms with E-state index in [-0.39, 0.29) is 5.56 Å². The highest BCUT2D eigenvalue weighted by Crippen LogP contribution is 2.26. The summed E-state index contributed by atoms with van der Waals surface area (Å²) >= 11 is 0. The first-order valence-electron chi connectivity index (χ1n) is 4.27. The Kier molecular flexibility index (Phi) is 2.21. The summed E-state index contributed by atoms with van der Waals surface area (Å²) in [6.07, 6.45) is 0. The van der Waals surface area contributed by atoms with Gasteiger partial charge in [0, 0.05) is 0 Å². The molecule has 78 valence electrons. The average molecular weight is 207 g/mol. The molecule has 0 radical (unpaired) electrons. The van der Waals surface area contributed by atoms with Gasteiger partial charge in [0.15, 0.2) is 0 Å². The van der Waals surface area contributed by atoms with Crippen LogP contribution in [0.1, 0.15) is 0 Å². The van der Waals surface area contributed by atoms with Gasteiger partial charge in [-0.05, 0) is 17.7 Å². The van der Waals surface area contributed by atoms with Crippen LogP contribution in [0.25, 0.3) is 11.1 Å². The molecule has 1 heterocycles. The van der Waals surface area contributed by atoms with Gasteiger partial charge in [-0.25, -0.2) is 0 Å². The van der Waals surface area contributed by atoms with E-state index in [1.54, 1.807) is 31.4 Å². The maximum atomic E-state index is 11.3. The molecular weight excluding hydrogens is 198 g/mol. The first kappa shape index (κ1) is 9.39. The molecule has 15 heavy (non-hydrogen) atoms. The van der Waals surface area contributed by atoms with Crippen LogP contribution in [0.3, 0.4) is 0 Å². The van der Waals surface area contributed by atoms with E-state index in [0.29, 0.717) is 11.3 Å². The van der Waals surface area contributed by atoms with Gasteiger partial charge in [0.05, 0.1) is 7.11 Å². The molecule has 0 saturated heterocycles. The van der Waals surface area contributed by atoms with Crippen molar-refractivity contribution in [1.29, 1.82) is 0 Å². The number of rotatable bonds is 2. The molecule has 1 aromatic heterocycles. The average Bonchev–Trinajstić information content (AvgIpc) is 2.59. The highest BCUT2D eigenvalue weighted by atomic mass is 16.6. The van der Waals surface area contributed by atoms with E-state index in [2.05, 4.69) is 9.68 Å². The summed E-state index contributed by atoms with van der Waals surface area (Å²) in [5.41, 5.74) is 0.235. The van der Waals surface area contributed by atoms with Crippen molar-refractivity contribution in [2.24, 2.45) is 0 Å². The number of hydrogen-bond acceptors (Lipinski definition) is 4. The lowest BCUT2D eigenvalue weighted by Crippen LogP contribution is -2.00. The SMILES string of the molecule is COc1ccc(-c2c(O)o[nH]c2=O)cc1. The molecule has 2 aromatic rings. The molecule has 0 atom stereocenters. The number of methoxy groups -OCH3 is 1. The summed E-state index contributed by atoms with van der Waals surface area (Å²) in [7, 11) is 1.55. The minimum absolute atomic E-state index is 0.123. The topological polar surface area (TPSA) is 75.5 Å². The van der Waals surface area contributed by atoms with Crippen LogP contribution in [0.5, 0.6) is 11.7 Å². The summed E-state index contributed by atoms with van der Waals surface area (Å²) in [4.78, 5) is 11.3. The number of benzene rings is 1. The minimum atomic E-state index is -0.460. The van der Waals surface area contributed by atoms with Crippen LogP contribution in [0.4, 0.5) is 0 Å². The van der Waals surface area contributed by atoms with Crippen molar-refractivity contribution in [1.82, 2.24) is 5.16 Å². The van der Waals surface area contributed by atoms with Gasteiger partial charge in [0.25, 0.3) is 5.56 Å². The smallest absolute Gasteiger partial charge is 0.317 e. The Balaban J connectivity index is 2.50. The molecule has 5 heteroatoms. The standard InChI is InChI=1S/C10H9NO4/c1-14-7-4-2-6(3-5-7)8-9(12)11-15-10(8)13/h2-5,13H,1H3,(H,11,12). The van der Waals surface area contributed by atoms with Gasteiger partial charge in [-0.2, -0.15) is 5.16 Å². The van der Waals surface area contributed by atoms with Crippen LogP contribution in [0, 0.1) is 0 Å². The summed E-state index contributed by atoms with van der Waals surface area (Å²) in [5, 5.41) is 11.3. The molecule has 0 aliphatic heterocycles. The largest absolute Gasteiger partial charge is 0.497 e. The van der Waals surface area contributed by atoms with E-state index in [9.17, 15) is 9.90 Å². The number of aromatic nitrogens is 1. The highest BCUT2D eigenvalue weighted by Gasteiger charge is 2.13. The van der Waals surface area contributed by atoms with Crippen LogP contribution in [-0.2, 0) is 0 Å². The number of aromatic amines is 1. The van der Waals surface area contributed by atoms with Gasteiger partial charge in [0.1, 0.15) is 11.3 Å². The second kappa shape index (κ2) is 3.53. The molecule has 0 fully saturated rings. The fraction of sp³-hybridized carbons (Fsp3) is 0.100. The quantitative estimate of drug-likeness (QED) is 0.779. The maximum absolute atomic E-state index is 11.3. The van der Waals surface area contributed by atoms with Crippen molar-refractivity contribution in [3.63, 3.8) is 0 Å². The van der Waals surface area contributed by atoms with Gasteiger partial charge >= 0.3 is 5.95 Å². The van der Waals surface area contributed by atoms with Crippen molar-refractivity contribution in [2.75, 3.05) is 7.11 Å². The molecule has 5 nitrogen and oxygen atoms in total. The van der Waals surface area contributed by atoms with Crippen LogP contribution < -0.4 is 10.3 Å². The summed E-state index contributed by atoms with van der Waals surface area (Å²) in [5.74, 6) is 0.267. The van der Waals surface area contributed by atoms with E-state index >= 15 is 0 Å². The Hall–Kier alpha value is -2.17. The first-order valence-corrected chi connectivity index (χ1v) is 4.27. The lowest BCUT2D eigenvalue weighted by Gasteiger charge is -2.00. The molecule has 0 bridgehead atoms. The Bertz CT molecular complexity index is 509. The monoisotopic (exact) mass is 207 g/mol. The fourth-order valence-corrected chi connectivity index (χ4v) is 1.31. The predicted molar refractivity (Wildman–Crippen MR) is 53.0 cm³/mol. The predicted octanol–water partition coefficient (Wildman–Crippen LogP) is 1.35. The summed E-state index contributed by atoms with van der Waals surface area (Å²) in [6.45, 7) is 0. The van der Waals surface area contributed by atoms with Gasteiger partial charge in [-0.1, -0.05) is 12.1 Å². The zero-order valence-corrected chi connectivity index (χ0v) is 7.98. The van der Waals surface area contributed by atoms with Crippen LogP contribution in [0.15, 0.2) is 33.6 Å². The first-order chi connectivity index (χ1) is 7.22. The number of nitrogens with one attached hydrogen (secondary N) is 1. The fourth-order valence-electron chi connectivity index (χ4n) is 1.31. The molecule has 2 rings (SSSR count). The van der Waals surface area contributed by atoms with Crippen LogP contribution in [0.2, 0.25) is 0 Å². The summed E-state index contributed by atoms with van der Waals surface area (Å²) < 4.78 is 9.47. The Morgan fingerprint density at radius 3 is 2.47 bits per heavy atom. The molecule has 0 spiro atoms. The number of ether oxygens (including phenoxy) is 1. The lowest BCUT2D eigenvalue weighted by molar-refractivity contribution is 0.277. The van der Waals surface area contributed by atoms with E-state index in [1.165, 1.54) is 0 Å². The third kappa shape index (κ3) is 1.59. The van der Waals surface area contributed by atoms with Crippen molar-refractivity contribution in [3.8, 4) is 22.8 Å². The maximum Gasteiger partial charge on any atom is 0.317 e. The molecular formula is C10H9NO4. The molecule has 0 amide bonds. The van der Waals surface area contributed by atoms with Crippen molar-refractivity contribution in [3.05, 3.63) is 34.6 Å². The van der Waals surface area contributed by atoms with Crippen molar-refractivity contribution >= 4 is 0 Å². The van der Waals surface area contributed by atoms with Gasteiger partial charge in [-0.3, -0.25) is 4.79 Å². The lowest BCUT2D eigenvalue weighted by atomic mass is 10.1. The Morgan fingerprint density at radius 1 is 1.33 bits per heavy atom. The van der Waals surface area contributed by atoms with Crippen molar-refractivity contribution < 1.29 is 14.4 Å². The van der Waals surface area contributed by atoms with Gasteiger partial charge in [0.2, 0.25) is 0 Å². The second-order valence-corrected chi connectivity index (χ2v) is 2.94. The van der Waals surface area contributed by atoms with Crippen LogP contribution in [-0.4, -0.2) is 17.4 Å². The molecule has 2 N–H and O–H groups in total. The zero-order chi connectivity index (χ0) is 10.8. The number of hydrogen-bond donors (Lipinski definition) is 2. The molecule has 0 saturated carbocycles. The molecule has 0 aliphatic carbocycles. The Morgan fingerprint density at radius 2 is 2.00 bits per heavy atom. The second-order valence-electron chi connectivity index (χ2n) is 2.94.